The molecule has 0 spiro atoms. The van der Waals surface area contributed by atoms with E-state index in [-0.39, 0.29) is 17.3 Å². The number of carbonyl (C=O) groups is 2. The van der Waals surface area contributed by atoms with Crippen LogP contribution in [0.25, 0.3) is 0 Å². The van der Waals surface area contributed by atoms with Crippen molar-refractivity contribution in [1.29, 1.82) is 0 Å². The van der Waals surface area contributed by atoms with Crippen molar-refractivity contribution in [3.63, 3.8) is 0 Å². The van der Waals surface area contributed by atoms with E-state index >= 15 is 0 Å². The second-order valence-corrected chi connectivity index (χ2v) is 8.40. The third kappa shape index (κ3) is 2.98. The van der Waals surface area contributed by atoms with Gasteiger partial charge in [-0.05, 0) is 75.2 Å². The molecule has 0 radical (unpaired) electrons. The third-order valence-electron chi connectivity index (χ3n) is 6.87. The first-order chi connectivity index (χ1) is 10.6. The van der Waals surface area contributed by atoms with Gasteiger partial charge in [0.2, 0.25) is 0 Å². The van der Waals surface area contributed by atoms with Gasteiger partial charge >= 0.3 is 5.97 Å². The van der Waals surface area contributed by atoms with Crippen molar-refractivity contribution in [3.05, 3.63) is 12.2 Å². The van der Waals surface area contributed by atoms with Crippen LogP contribution >= 0.6 is 0 Å². The molecule has 0 aromatic rings. The Kier molecular flexibility index (Phi) is 4.78. The van der Waals surface area contributed by atoms with Gasteiger partial charge in [0.1, 0.15) is 6.29 Å². The van der Waals surface area contributed by atoms with E-state index in [4.69, 9.17) is 0 Å². The maximum absolute atomic E-state index is 11.9. The standard InChI is InChI=1S/C19H30O4/c1-13(12-20)6-7-15-17(2)9-5-10-18(3,16(21)22)14(17)8-11-19(15,4)23/h12,14-15,23H,1,5-11H2,2-4H3,(H,21,22)/t14-,15-,17+,18+,19-/m1/s1. The van der Waals surface area contributed by atoms with Crippen molar-refractivity contribution >= 4 is 12.3 Å². The lowest BCUT2D eigenvalue weighted by molar-refractivity contribution is -0.190. The Morgan fingerprint density at radius 2 is 1.91 bits per heavy atom. The molecular formula is C19H30O4. The summed E-state index contributed by atoms with van der Waals surface area (Å²) in [5.74, 6) is -0.661. The third-order valence-corrected chi connectivity index (χ3v) is 6.87. The van der Waals surface area contributed by atoms with Crippen molar-refractivity contribution in [2.24, 2.45) is 22.7 Å². The van der Waals surface area contributed by atoms with Gasteiger partial charge in [-0.3, -0.25) is 9.59 Å². The molecule has 0 heterocycles. The van der Waals surface area contributed by atoms with Crippen molar-refractivity contribution < 1.29 is 19.8 Å². The minimum atomic E-state index is -0.814. The average molecular weight is 322 g/mol. The summed E-state index contributed by atoms with van der Waals surface area (Å²) in [6.07, 6.45) is 5.92. The van der Waals surface area contributed by atoms with Crippen LogP contribution in [0.5, 0.6) is 0 Å². The van der Waals surface area contributed by atoms with E-state index in [2.05, 4.69) is 13.5 Å². The minimum Gasteiger partial charge on any atom is -0.481 e. The average Bonchev–Trinajstić information content (AvgIpc) is 2.45. The number of allylic oxidation sites excluding steroid dienone is 1. The summed E-state index contributed by atoms with van der Waals surface area (Å²) < 4.78 is 0. The van der Waals surface area contributed by atoms with Gasteiger partial charge < -0.3 is 10.2 Å². The molecule has 2 fully saturated rings. The van der Waals surface area contributed by atoms with E-state index in [1.807, 2.05) is 13.8 Å². The van der Waals surface area contributed by atoms with Gasteiger partial charge in [0.25, 0.3) is 0 Å². The first-order valence-corrected chi connectivity index (χ1v) is 8.66. The highest BCUT2D eigenvalue weighted by Gasteiger charge is 2.60. The molecule has 0 aliphatic heterocycles. The Morgan fingerprint density at radius 1 is 1.26 bits per heavy atom. The molecular weight excluding hydrogens is 292 g/mol. The molecule has 2 saturated carbocycles. The van der Waals surface area contributed by atoms with Crippen LogP contribution in [-0.2, 0) is 9.59 Å². The van der Waals surface area contributed by atoms with Crippen molar-refractivity contribution in [2.75, 3.05) is 0 Å². The smallest absolute Gasteiger partial charge is 0.309 e. The van der Waals surface area contributed by atoms with Gasteiger partial charge in [0, 0.05) is 0 Å². The number of rotatable bonds is 5. The van der Waals surface area contributed by atoms with E-state index in [1.54, 1.807) is 0 Å². The normalized spacial score (nSPS) is 43.5. The Labute approximate surface area is 139 Å². The molecule has 2 rings (SSSR count). The molecule has 0 unspecified atom stereocenters. The fraction of sp³-hybridized carbons (Fsp3) is 0.789. The van der Waals surface area contributed by atoms with E-state index in [0.29, 0.717) is 31.3 Å². The highest BCUT2D eigenvalue weighted by atomic mass is 16.4. The molecule has 0 aromatic heterocycles. The molecule has 4 nitrogen and oxygen atoms in total. The predicted molar refractivity (Wildman–Crippen MR) is 89.0 cm³/mol. The minimum absolute atomic E-state index is 0.00979. The van der Waals surface area contributed by atoms with E-state index < -0.39 is 17.0 Å². The lowest BCUT2D eigenvalue weighted by Gasteiger charge is -2.60. The Hall–Kier alpha value is -1.16. The monoisotopic (exact) mass is 322 g/mol. The van der Waals surface area contributed by atoms with Crippen molar-refractivity contribution in [3.8, 4) is 0 Å². The molecule has 0 bridgehead atoms. The molecule has 4 heteroatoms. The number of hydrogen-bond acceptors (Lipinski definition) is 3. The van der Waals surface area contributed by atoms with E-state index in [0.717, 1.165) is 25.5 Å². The van der Waals surface area contributed by atoms with Gasteiger partial charge in [0.05, 0.1) is 11.0 Å². The first-order valence-electron chi connectivity index (χ1n) is 8.66. The molecule has 23 heavy (non-hydrogen) atoms. The topological polar surface area (TPSA) is 74.6 Å². The van der Waals surface area contributed by atoms with Crippen LogP contribution < -0.4 is 0 Å². The Morgan fingerprint density at radius 3 is 2.48 bits per heavy atom. The molecule has 0 aromatic carbocycles. The summed E-state index contributed by atoms with van der Waals surface area (Å²) in [7, 11) is 0. The number of carboxylic acids is 1. The zero-order chi connectivity index (χ0) is 17.5. The van der Waals surface area contributed by atoms with Gasteiger partial charge in [-0.2, -0.15) is 0 Å². The van der Waals surface area contributed by atoms with Crippen LogP contribution in [0.2, 0.25) is 0 Å². The van der Waals surface area contributed by atoms with Crippen molar-refractivity contribution in [1.82, 2.24) is 0 Å². The summed E-state index contributed by atoms with van der Waals surface area (Å²) in [5.41, 5.74) is -1.20. The lowest BCUT2D eigenvalue weighted by Crippen LogP contribution is -2.59. The zero-order valence-corrected chi connectivity index (χ0v) is 14.6. The predicted octanol–water partition coefficient (Wildman–Crippen LogP) is 3.58. The molecule has 130 valence electrons. The molecule has 5 atom stereocenters. The van der Waals surface area contributed by atoms with Gasteiger partial charge in [0.15, 0.2) is 0 Å². The number of carboxylic acid groups (broad SMARTS) is 1. The largest absolute Gasteiger partial charge is 0.481 e. The fourth-order valence-corrected chi connectivity index (χ4v) is 5.58. The highest BCUT2D eigenvalue weighted by molar-refractivity contribution is 5.75. The van der Waals surface area contributed by atoms with Gasteiger partial charge in [-0.1, -0.05) is 19.9 Å². The highest BCUT2D eigenvalue weighted by Crippen LogP contribution is 2.63. The van der Waals surface area contributed by atoms with E-state index in [9.17, 15) is 19.8 Å². The molecule has 0 saturated heterocycles. The van der Waals surface area contributed by atoms with Crippen LogP contribution in [0.15, 0.2) is 12.2 Å². The lowest BCUT2D eigenvalue weighted by atomic mass is 9.44. The second-order valence-electron chi connectivity index (χ2n) is 8.40. The van der Waals surface area contributed by atoms with Crippen molar-refractivity contribution in [2.45, 2.75) is 71.3 Å². The van der Waals surface area contributed by atoms with Crippen LogP contribution in [0, 0.1) is 22.7 Å². The number of aliphatic hydroxyl groups is 1. The summed E-state index contributed by atoms with van der Waals surface area (Å²) >= 11 is 0. The zero-order valence-electron chi connectivity index (χ0n) is 14.6. The molecule has 0 amide bonds. The van der Waals surface area contributed by atoms with Crippen LogP contribution in [0.4, 0.5) is 0 Å². The number of hydrogen-bond donors (Lipinski definition) is 2. The summed E-state index contributed by atoms with van der Waals surface area (Å²) in [6.45, 7) is 9.64. The maximum atomic E-state index is 11.9. The quantitative estimate of drug-likeness (QED) is 0.599. The van der Waals surface area contributed by atoms with Gasteiger partial charge in [-0.15, -0.1) is 0 Å². The maximum Gasteiger partial charge on any atom is 0.309 e. The number of carbonyl (C=O) groups excluding carboxylic acids is 1. The number of aliphatic carboxylic acids is 1. The summed E-state index contributed by atoms with van der Waals surface area (Å²) in [6, 6.07) is 0. The Balaban J connectivity index is 2.36. The SMILES string of the molecule is C=C(C=O)CC[C@@H]1[C@@]2(C)CCC[C@](C)(C(=O)O)[C@@H]2CC[C@@]1(C)O. The Bertz CT molecular complexity index is 509. The molecule has 2 aliphatic rings. The summed E-state index contributed by atoms with van der Waals surface area (Å²) in [4.78, 5) is 22.8. The van der Waals surface area contributed by atoms with Crippen LogP contribution in [0.3, 0.4) is 0 Å². The van der Waals surface area contributed by atoms with Crippen LogP contribution in [0.1, 0.15) is 65.7 Å². The number of aldehydes is 1. The van der Waals surface area contributed by atoms with Crippen LogP contribution in [-0.4, -0.2) is 28.1 Å². The van der Waals surface area contributed by atoms with E-state index in [1.165, 1.54) is 0 Å². The molecule has 2 N–H and O–H groups in total. The fourth-order valence-electron chi connectivity index (χ4n) is 5.58. The van der Waals surface area contributed by atoms with Gasteiger partial charge in [-0.25, -0.2) is 0 Å². The summed E-state index contributed by atoms with van der Waals surface area (Å²) in [5, 5.41) is 20.8. The second kappa shape index (κ2) is 6.04. The molecule has 2 aliphatic carbocycles. The first kappa shape index (κ1) is 18.2. The number of fused-ring (bicyclic) bond motifs is 1.